The summed E-state index contributed by atoms with van der Waals surface area (Å²) in [7, 11) is 3.85. The van der Waals surface area contributed by atoms with Crippen molar-refractivity contribution in [2.24, 2.45) is 0 Å². The van der Waals surface area contributed by atoms with Gasteiger partial charge in [0.1, 0.15) is 18.0 Å². The highest BCUT2D eigenvalue weighted by Gasteiger charge is 2.27. The number of aromatic nitrogens is 3. The Morgan fingerprint density at radius 1 is 1.04 bits per heavy atom. The first-order valence-electron chi connectivity index (χ1n) is 18.1. The van der Waals surface area contributed by atoms with Crippen molar-refractivity contribution in [1.82, 2.24) is 19.4 Å². The molecule has 0 aliphatic carbocycles. The number of hydrogen-bond acceptors (Lipinski definition) is 9. The normalized spacial score (nSPS) is 17.1. The number of rotatable bonds is 14. The first kappa shape index (κ1) is 35.8. The number of pyridine rings is 1. The summed E-state index contributed by atoms with van der Waals surface area (Å²) in [6.07, 6.45) is 4.21. The van der Waals surface area contributed by atoms with Crippen molar-refractivity contribution in [1.29, 1.82) is 0 Å². The first-order valence-corrected chi connectivity index (χ1v) is 18.1. The number of methoxy groups -OCH3 is 1. The standard InChI is InChI=1S/C40H53N5O5/c1-7-29-12-11-28(23-35(29)43(5)20-22-47-6)27-49-38-10-8-9-33(42-38)30-15-18-44(19-16-30)26-37-41-34-14-13-31(39(46)50-40(2,3)4)24-36(34)45(37)25-32-17-21-48-32/h8-14,23-24,30,32H,7,15-22,25-27H2,1-6H3. The van der Waals surface area contributed by atoms with Gasteiger partial charge in [0.15, 0.2) is 0 Å². The Kier molecular flexibility index (Phi) is 11.4. The van der Waals surface area contributed by atoms with Gasteiger partial charge in [-0.1, -0.05) is 25.1 Å². The van der Waals surface area contributed by atoms with E-state index in [9.17, 15) is 4.79 Å². The first-order chi connectivity index (χ1) is 24.1. The van der Waals surface area contributed by atoms with Gasteiger partial charge >= 0.3 is 5.97 Å². The van der Waals surface area contributed by atoms with E-state index in [1.807, 2.05) is 45.0 Å². The third-order valence-electron chi connectivity index (χ3n) is 9.72. The molecule has 4 aromatic rings. The monoisotopic (exact) mass is 683 g/mol. The number of hydrogen-bond donors (Lipinski definition) is 0. The van der Waals surface area contributed by atoms with Crippen LogP contribution in [0.5, 0.6) is 5.88 Å². The molecule has 1 atom stereocenters. The van der Waals surface area contributed by atoms with Crippen LogP contribution in [0.15, 0.2) is 54.6 Å². The molecule has 0 saturated carbocycles. The van der Waals surface area contributed by atoms with Gasteiger partial charge in [0.05, 0.1) is 42.4 Å². The number of benzene rings is 2. The van der Waals surface area contributed by atoms with E-state index < -0.39 is 5.60 Å². The average Bonchev–Trinajstić information content (AvgIpc) is 3.43. The zero-order chi connectivity index (χ0) is 35.3. The molecule has 2 saturated heterocycles. The molecule has 2 aliphatic heterocycles. The minimum atomic E-state index is -0.555. The van der Waals surface area contributed by atoms with Gasteiger partial charge in [0.25, 0.3) is 0 Å². The SMILES string of the molecule is CCc1ccc(COc2cccc(C3CCN(Cc4nc5ccc(C(=O)OC(C)(C)C)cc5n4CC4CCO4)CC3)n2)cc1N(C)CCOC. The zero-order valence-corrected chi connectivity index (χ0v) is 30.6. The lowest BCUT2D eigenvalue weighted by molar-refractivity contribution is -0.0592. The van der Waals surface area contributed by atoms with Gasteiger partial charge in [-0.25, -0.2) is 14.8 Å². The predicted molar refractivity (Wildman–Crippen MR) is 196 cm³/mol. The maximum atomic E-state index is 12.9. The number of aryl methyl sites for hydroxylation is 1. The van der Waals surface area contributed by atoms with Crippen LogP contribution in [0, 0.1) is 0 Å². The number of carbonyl (C=O) groups is 1. The fourth-order valence-electron chi connectivity index (χ4n) is 6.78. The molecule has 0 spiro atoms. The van der Waals surface area contributed by atoms with Crippen LogP contribution >= 0.6 is 0 Å². The number of imidazole rings is 1. The van der Waals surface area contributed by atoms with Gasteiger partial charge in [-0.05, 0) is 101 Å². The number of esters is 1. The molecule has 6 rings (SSSR count). The fraction of sp³-hybridized carbons (Fsp3) is 0.525. The Balaban J connectivity index is 1.09. The van der Waals surface area contributed by atoms with Crippen molar-refractivity contribution in [3.05, 3.63) is 82.8 Å². The molecule has 268 valence electrons. The minimum absolute atomic E-state index is 0.169. The molecular weight excluding hydrogens is 630 g/mol. The second-order valence-corrected chi connectivity index (χ2v) is 14.6. The third kappa shape index (κ3) is 8.83. The van der Waals surface area contributed by atoms with Crippen molar-refractivity contribution in [3.63, 3.8) is 0 Å². The van der Waals surface area contributed by atoms with Crippen LogP contribution < -0.4 is 9.64 Å². The number of piperidine rings is 1. The lowest BCUT2D eigenvalue weighted by Gasteiger charge is -2.32. The number of ether oxygens (including phenoxy) is 4. The van der Waals surface area contributed by atoms with E-state index in [0.717, 1.165) is 93.1 Å². The van der Waals surface area contributed by atoms with Crippen LogP contribution in [0.4, 0.5) is 5.69 Å². The zero-order valence-electron chi connectivity index (χ0n) is 30.6. The summed E-state index contributed by atoms with van der Waals surface area (Å²) in [5, 5.41) is 0. The average molecular weight is 684 g/mol. The van der Waals surface area contributed by atoms with Gasteiger partial charge in [0.2, 0.25) is 5.88 Å². The lowest BCUT2D eigenvalue weighted by Crippen LogP contribution is -2.35. The molecule has 2 aromatic carbocycles. The van der Waals surface area contributed by atoms with Crippen LogP contribution in [-0.4, -0.2) is 84.1 Å². The Bertz CT molecular complexity index is 1750. The summed E-state index contributed by atoms with van der Waals surface area (Å²) in [4.78, 5) is 27.6. The van der Waals surface area contributed by atoms with Gasteiger partial charge < -0.3 is 28.4 Å². The summed E-state index contributed by atoms with van der Waals surface area (Å²) in [5.41, 5.74) is 6.57. The molecule has 1 unspecified atom stereocenters. The Morgan fingerprint density at radius 2 is 1.84 bits per heavy atom. The topological polar surface area (TPSA) is 91.2 Å². The van der Waals surface area contributed by atoms with E-state index >= 15 is 0 Å². The molecule has 0 amide bonds. The number of likely N-dealkylation sites (tertiary alicyclic amines) is 1. The molecule has 10 nitrogen and oxygen atoms in total. The minimum Gasteiger partial charge on any atom is -0.473 e. The smallest absolute Gasteiger partial charge is 0.338 e. The molecule has 0 N–H and O–H groups in total. The van der Waals surface area contributed by atoms with E-state index in [0.29, 0.717) is 30.6 Å². The predicted octanol–water partition coefficient (Wildman–Crippen LogP) is 6.78. The summed E-state index contributed by atoms with van der Waals surface area (Å²) < 4.78 is 25.2. The van der Waals surface area contributed by atoms with Crippen molar-refractivity contribution in [3.8, 4) is 5.88 Å². The molecule has 10 heteroatoms. The van der Waals surface area contributed by atoms with E-state index in [-0.39, 0.29) is 12.1 Å². The summed E-state index contributed by atoms with van der Waals surface area (Å²) in [6.45, 7) is 14.0. The molecule has 4 heterocycles. The third-order valence-corrected chi connectivity index (χ3v) is 9.72. The van der Waals surface area contributed by atoms with Crippen LogP contribution in [0.2, 0.25) is 0 Å². The Hall–Kier alpha value is -3.99. The number of likely N-dealkylation sites (N-methyl/N-ethyl adjacent to an activating group) is 1. The molecular formula is C40H53N5O5. The van der Waals surface area contributed by atoms with Crippen molar-refractivity contribution in [2.45, 2.75) is 90.7 Å². The summed E-state index contributed by atoms with van der Waals surface area (Å²) in [6, 6.07) is 18.4. The Labute approximate surface area is 296 Å². The maximum absolute atomic E-state index is 12.9. The van der Waals surface area contributed by atoms with Crippen molar-refractivity contribution >= 4 is 22.7 Å². The largest absolute Gasteiger partial charge is 0.473 e. The molecule has 2 fully saturated rings. The number of fused-ring (bicyclic) bond motifs is 1. The second kappa shape index (κ2) is 15.9. The molecule has 0 bridgehead atoms. The van der Waals surface area contributed by atoms with Gasteiger partial charge in [0, 0.05) is 50.7 Å². The van der Waals surface area contributed by atoms with E-state index in [1.165, 1.54) is 11.3 Å². The van der Waals surface area contributed by atoms with Crippen molar-refractivity contribution < 1.29 is 23.7 Å². The quantitative estimate of drug-likeness (QED) is 0.134. The molecule has 50 heavy (non-hydrogen) atoms. The van der Waals surface area contributed by atoms with E-state index in [1.54, 1.807) is 7.11 Å². The van der Waals surface area contributed by atoms with Crippen LogP contribution in [-0.2, 0) is 40.3 Å². The van der Waals surface area contributed by atoms with Crippen LogP contribution in [0.25, 0.3) is 11.0 Å². The van der Waals surface area contributed by atoms with E-state index in [4.69, 9.17) is 28.9 Å². The second-order valence-electron chi connectivity index (χ2n) is 14.6. The molecule has 0 radical (unpaired) electrons. The fourth-order valence-corrected chi connectivity index (χ4v) is 6.78. The summed E-state index contributed by atoms with van der Waals surface area (Å²) >= 11 is 0. The summed E-state index contributed by atoms with van der Waals surface area (Å²) in [5.74, 6) is 1.72. The highest BCUT2D eigenvalue weighted by atomic mass is 16.6. The maximum Gasteiger partial charge on any atom is 0.338 e. The highest BCUT2D eigenvalue weighted by molar-refractivity contribution is 5.94. The van der Waals surface area contributed by atoms with Gasteiger partial charge in [-0.2, -0.15) is 0 Å². The van der Waals surface area contributed by atoms with Crippen LogP contribution in [0.1, 0.15) is 85.9 Å². The van der Waals surface area contributed by atoms with Gasteiger partial charge in [-0.15, -0.1) is 0 Å². The van der Waals surface area contributed by atoms with Crippen LogP contribution in [0.3, 0.4) is 0 Å². The number of anilines is 1. The number of nitrogens with zero attached hydrogens (tertiary/aromatic N) is 5. The Morgan fingerprint density at radius 3 is 2.54 bits per heavy atom. The molecule has 2 aliphatic rings. The highest BCUT2D eigenvalue weighted by Crippen LogP contribution is 2.30. The van der Waals surface area contributed by atoms with Gasteiger partial charge in [-0.3, -0.25) is 4.90 Å². The van der Waals surface area contributed by atoms with Crippen molar-refractivity contribution in [2.75, 3.05) is 51.9 Å². The number of carbonyl (C=O) groups excluding carboxylic acids is 1. The van der Waals surface area contributed by atoms with E-state index in [2.05, 4.69) is 58.7 Å². The lowest BCUT2D eigenvalue weighted by atomic mass is 9.93. The molecule has 2 aromatic heterocycles.